The standard InChI is InChI=1S/C20H26N6O/c1-3-21-20(22-12-16(2)14-26-11-7-10-24-26)23-13-18-15-27-19(25-18)17-8-5-4-6-9-17/h4-11,15-16H,3,12-14H2,1-2H3,(H2,21,22,23). The minimum Gasteiger partial charge on any atom is -0.444 e. The van der Waals surface area contributed by atoms with Crippen molar-refractivity contribution in [2.24, 2.45) is 10.9 Å². The van der Waals surface area contributed by atoms with E-state index in [4.69, 9.17) is 4.42 Å². The molecule has 0 spiro atoms. The number of hydrogen-bond acceptors (Lipinski definition) is 4. The van der Waals surface area contributed by atoms with E-state index < -0.39 is 0 Å². The predicted molar refractivity (Wildman–Crippen MR) is 106 cm³/mol. The molecule has 27 heavy (non-hydrogen) atoms. The molecular weight excluding hydrogens is 340 g/mol. The van der Waals surface area contributed by atoms with Crippen molar-refractivity contribution in [2.75, 3.05) is 13.1 Å². The van der Waals surface area contributed by atoms with Crippen molar-refractivity contribution in [1.29, 1.82) is 0 Å². The number of aromatic nitrogens is 3. The van der Waals surface area contributed by atoms with Gasteiger partial charge in [-0.2, -0.15) is 5.10 Å². The lowest BCUT2D eigenvalue weighted by molar-refractivity contribution is 0.443. The normalized spacial score (nSPS) is 12.7. The molecule has 0 saturated heterocycles. The zero-order valence-corrected chi connectivity index (χ0v) is 15.8. The summed E-state index contributed by atoms with van der Waals surface area (Å²) in [6.45, 7) is 7.16. The molecule has 2 aromatic heterocycles. The highest BCUT2D eigenvalue weighted by molar-refractivity contribution is 5.79. The fourth-order valence-electron chi connectivity index (χ4n) is 2.66. The summed E-state index contributed by atoms with van der Waals surface area (Å²) in [6, 6.07) is 11.8. The molecule has 0 aliphatic carbocycles. The van der Waals surface area contributed by atoms with Crippen LogP contribution in [0, 0.1) is 5.92 Å². The Hall–Kier alpha value is -3.09. The van der Waals surface area contributed by atoms with Gasteiger partial charge in [0.1, 0.15) is 12.0 Å². The van der Waals surface area contributed by atoms with E-state index in [1.54, 1.807) is 12.5 Å². The van der Waals surface area contributed by atoms with E-state index in [9.17, 15) is 0 Å². The topological polar surface area (TPSA) is 80.3 Å². The van der Waals surface area contributed by atoms with Crippen LogP contribution in [-0.2, 0) is 13.1 Å². The summed E-state index contributed by atoms with van der Waals surface area (Å²) in [5.74, 6) is 1.81. The van der Waals surface area contributed by atoms with Gasteiger partial charge in [0.05, 0.1) is 6.54 Å². The highest BCUT2D eigenvalue weighted by Crippen LogP contribution is 2.18. The van der Waals surface area contributed by atoms with E-state index in [0.29, 0.717) is 18.4 Å². The molecule has 0 aliphatic rings. The summed E-state index contributed by atoms with van der Waals surface area (Å²) < 4.78 is 7.51. The minimum absolute atomic E-state index is 0.422. The van der Waals surface area contributed by atoms with Crippen LogP contribution in [0.3, 0.4) is 0 Å². The SMILES string of the molecule is CCNC(=NCc1coc(-c2ccccc2)n1)NCC(C)Cn1cccn1. The first-order valence-corrected chi connectivity index (χ1v) is 9.24. The van der Waals surface area contributed by atoms with Crippen molar-refractivity contribution in [2.45, 2.75) is 26.9 Å². The molecule has 0 fully saturated rings. The van der Waals surface area contributed by atoms with Crippen LogP contribution in [0.5, 0.6) is 0 Å². The van der Waals surface area contributed by atoms with Crippen molar-refractivity contribution in [3.63, 3.8) is 0 Å². The summed E-state index contributed by atoms with van der Waals surface area (Å²) in [5.41, 5.74) is 1.76. The molecule has 0 amide bonds. The Labute approximate surface area is 159 Å². The molecule has 7 nitrogen and oxygen atoms in total. The lowest BCUT2D eigenvalue weighted by Crippen LogP contribution is -2.40. The van der Waals surface area contributed by atoms with Crippen LogP contribution in [0.4, 0.5) is 0 Å². The molecule has 1 atom stereocenters. The van der Waals surface area contributed by atoms with Gasteiger partial charge in [0.15, 0.2) is 5.96 Å². The largest absolute Gasteiger partial charge is 0.444 e. The number of guanidine groups is 1. The van der Waals surface area contributed by atoms with Gasteiger partial charge in [-0.25, -0.2) is 9.98 Å². The van der Waals surface area contributed by atoms with E-state index in [0.717, 1.165) is 36.9 Å². The maximum absolute atomic E-state index is 5.57. The third kappa shape index (κ3) is 5.70. The van der Waals surface area contributed by atoms with Gasteiger partial charge in [-0.15, -0.1) is 0 Å². The molecular formula is C20H26N6O. The second kappa shape index (κ2) is 9.56. The third-order valence-electron chi connectivity index (χ3n) is 3.99. The van der Waals surface area contributed by atoms with Gasteiger partial charge in [-0.3, -0.25) is 4.68 Å². The molecule has 0 radical (unpaired) electrons. The molecule has 2 heterocycles. The summed E-state index contributed by atoms with van der Waals surface area (Å²) in [4.78, 5) is 9.13. The third-order valence-corrected chi connectivity index (χ3v) is 3.99. The summed E-state index contributed by atoms with van der Waals surface area (Å²) >= 11 is 0. The molecule has 7 heteroatoms. The van der Waals surface area contributed by atoms with Crippen molar-refractivity contribution < 1.29 is 4.42 Å². The molecule has 0 aliphatic heterocycles. The second-order valence-corrected chi connectivity index (χ2v) is 6.42. The Morgan fingerprint density at radius 2 is 2.07 bits per heavy atom. The molecule has 3 rings (SSSR count). The Bertz CT molecular complexity index is 825. The van der Waals surface area contributed by atoms with E-state index >= 15 is 0 Å². The Balaban J connectivity index is 1.55. The summed E-state index contributed by atoms with van der Waals surface area (Å²) in [6.07, 6.45) is 5.44. The maximum atomic E-state index is 5.57. The van der Waals surface area contributed by atoms with Crippen LogP contribution >= 0.6 is 0 Å². The number of rotatable bonds is 8. The van der Waals surface area contributed by atoms with Crippen molar-refractivity contribution >= 4 is 5.96 Å². The van der Waals surface area contributed by atoms with Crippen LogP contribution in [0.2, 0.25) is 0 Å². The van der Waals surface area contributed by atoms with Gasteiger partial charge in [-0.05, 0) is 31.0 Å². The van der Waals surface area contributed by atoms with Crippen LogP contribution in [0.25, 0.3) is 11.5 Å². The number of hydrogen-bond donors (Lipinski definition) is 2. The fraction of sp³-hybridized carbons (Fsp3) is 0.350. The quantitative estimate of drug-likeness (QED) is 0.473. The zero-order chi connectivity index (χ0) is 18.9. The maximum Gasteiger partial charge on any atom is 0.226 e. The first-order valence-electron chi connectivity index (χ1n) is 9.24. The van der Waals surface area contributed by atoms with E-state index in [1.165, 1.54) is 0 Å². The average Bonchev–Trinajstić information content (AvgIpc) is 3.37. The highest BCUT2D eigenvalue weighted by atomic mass is 16.3. The summed E-state index contributed by atoms with van der Waals surface area (Å²) in [5, 5.41) is 10.9. The molecule has 3 aromatic rings. The van der Waals surface area contributed by atoms with Gasteiger partial charge in [0, 0.05) is 37.6 Å². The number of benzene rings is 1. The van der Waals surface area contributed by atoms with E-state index in [2.05, 4.69) is 32.6 Å². The lowest BCUT2D eigenvalue weighted by Gasteiger charge is -2.15. The average molecular weight is 366 g/mol. The highest BCUT2D eigenvalue weighted by Gasteiger charge is 2.08. The molecule has 142 valence electrons. The van der Waals surface area contributed by atoms with Gasteiger partial charge < -0.3 is 15.1 Å². The lowest BCUT2D eigenvalue weighted by atomic mass is 10.2. The first-order chi connectivity index (χ1) is 13.2. The Morgan fingerprint density at radius 1 is 1.22 bits per heavy atom. The van der Waals surface area contributed by atoms with Gasteiger partial charge in [0.2, 0.25) is 5.89 Å². The molecule has 2 N–H and O–H groups in total. The zero-order valence-electron chi connectivity index (χ0n) is 15.8. The van der Waals surface area contributed by atoms with Crippen LogP contribution in [-0.4, -0.2) is 33.8 Å². The van der Waals surface area contributed by atoms with Crippen LogP contribution < -0.4 is 10.6 Å². The van der Waals surface area contributed by atoms with Crippen LogP contribution in [0.1, 0.15) is 19.5 Å². The monoisotopic (exact) mass is 366 g/mol. The molecule has 0 saturated carbocycles. The molecule has 0 bridgehead atoms. The predicted octanol–water partition coefficient (Wildman–Crippen LogP) is 2.93. The van der Waals surface area contributed by atoms with E-state index in [1.807, 2.05) is 54.2 Å². The van der Waals surface area contributed by atoms with Crippen molar-refractivity contribution in [3.05, 3.63) is 60.7 Å². The van der Waals surface area contributed by atoms with Gasteiger partial charge in [-0.1, -0.05) is 25.1 Å². The Kier molecular flexibility index (Phi) is 6.62. The number of nitrogens with zero attached hydrogens (tertiary/aromatic N) is 4. The first kappa shape index (κ1) is 18.7. The number of aliphatic imine (C=N–C) groups is 1. The van der Waals surface area contributed by atoms with Crippen LogP contribution in [0.15, 0.2) is 64.5 Å². The second-order valence-electron chi connectivity index (χ2n) is 6.42. The summed E-state index contributed by atoms with van der Waals surface area (Å²) in [7, 11) is 0. The smallest absolute Gasteiger partial charge is 0.226 e. The van der Waals surface area contributed by atoms with E-state index in [-0.39, 0.29) is 0 Å². The van der Waals surface area contributed by atoms with Crippen molar-refractivity contribution in [1.82, 2.24) is 25.4 Å². The Morgan fingerprint density at radius 3 is 2.81 bits per heavy atom. The number of oxazole rings is 1. The molecule has 1 unspecified atom stereocenters. The van der Waals surface area contributed by atoms with Gasteiger partial charge in [0.25, 0.3) is 0 Å². The van der Waals surface area contributed by atoms with Gasteiger partial charge >= 0.3 is 0 Å². The van der Waals surface area contributed by atoms with Crippen molar-refractivity contribution in [3.8, 4) is 11.5 Å². The minimum atomic E-state index is 0.422. The number of nitrogens with one attached hydrogen (secondary N) is 2. The molecule has 1 aromatic carbocycles. The fourth-order valence-corrected chi connectivity index (χ4v) is 2.66.